The third-order valence-corrected chi connectivity index (χ3v) is 4.70. The van der Waals surface area contributed by atoms with Crippen molar-refractivity contribution in [1.82, 2.24) is 19.7 Å². The second-order valence-electron chi connectivity index (χ2n) is 6.26. The highest BCUT2D eigenvalue weighted by atomic mass is 35.5. The molecule has 1 amide bonds. The van der Waals surface area contributed by atoms with Gasteiger partial charge in [0.25, 0.3) is 5.56 Å². The van der Waals surface area contributed by atoms with Crippen molar-refractivity contribution in [3.05, 3.63) is 76.3 Å². The van der Waals surface area contributed by atoms with E-state index in [0.29, 0.717) is 23.5 Å². The van der Waals surface area contributed by atoms with Gasteiger partial charge in [0.05, 0.1) is 11.6 Å². The summed E-state index contributed by atoms with van der Waals surface area (Å²) in [4.78, 5) is 24.6. The standard InChI is InChI=1S/C20H17ClN4O2/c21-16-6-5-14-7-9-24(18(14)11-16)10-8-22-19(26)13-25-20(27)17-4-2-1-3-15(17)12-23-25/h1-7,9,11-12H,8,10,13H2,(H,22,26). The number of carbonyl (C=O) groups is 1. The predicted molar refractivity (Wildman–Crippen MR) is 106 cm³/mol. The van der Waals surface area contributed by atoms with Crippen molar-refractivity contribution >= 4 is 39.2 Å². The fraction of sp³-hybridized carbons (Fsp3) is 0.150. The Labute approximate surface area is 160 Å². The molecule has 0 saturated carbocycles. The average molecular weight is 381 g/mol. The molecule has 0 aliphatic rings. The lowest BCUT2D eigenvalue weighted by Crippen LogP contribution is -2.35. The third kappa shape index (κ3) is 3.57. The molecule has 0 aliphatic heterocycles. The maximum Gasteiger partial charge on any atom is 0.275 e. The largest absolute Gasteiger partial charge is 0.353 e. The zero-order valence-electron chi connectivity index (χ0n) is 14.4. The Balaban J connectivity index is 1.40. The summed E-state index contributed by atoms with van der Waals surface area (Å²) in [5, 5.41) is 9.99. The maximum atomic E-state index is 12.4. The van der Waals surface area contributed by atoms with E-state index in [2.05, 4.69) is 10.4 Å². The zero-order valence-corrected chi connectivity index (χ0v) is 15.2. The second kappa shape index (κ2) is 7.25. The van der Waals surface area contributed by atoms with Gasteiger partial charge in [0.15, 0.2) is 0 Å². The Morgan fingerprint density at radius 3 is 2.85 bits per heavy atom. The number of nitrogens with one attached hydrogen (secondary N) is 1. The summed E-state index contributed by atoms with van der Waals surface area (Å²) in [6, 6.07) is 14.9. The fourth-order valence-corrected chi connectivity index (χ4v) is 3.27. The minimum atomic E-state index is -0.269. The third-order valence-electron chi connectivity index (χ3n) is 4.47. The number of amides is 1. The summed E-state index contributed by atoms with van der Waals surface area (Å²) in [6.07, 6.45) is 3.56. The number of hydrogen-bond acceptors (Lipinski definition) is 3. The molecule has 6 nitrogen and oxygen atoms in total. The summed E-state index contributed by atoms with van der Waals surface area (Å²) < 4.78 is 3.21. The summed E-state index contributed by atoms with van der Waals surface area (Å²) in [5.41, 5.74) is 0.749. The normalized spacial score (nSPS) is 11.1. The lowest BCUT2D eigenvalue weighted by molar-refractivity contribution is -0.121. The van der Waals surface area contributed by atoms with E-state index in [-0.39, 0.29) is 18.0 Å². The molecular weight excluding hydrogens is 364 g/mol. The first kappa shape index (κ1) is 17.3. The van der Waals surface area contributed by atoms with Crippen LogP contribution < -0.4 is 10.9 Å². The van der Waals surface area contributed by atoms with Crippen molar-refractivity contribution < 1.29 is 4.79 Å². The topological polar surface area (TPSA) is 68.9 Å². The van der Waals surface area contributed by atoms with Gasteiger partial charge >= 0.3 is 0 Å². The highest BCUT2D eigenvalue weighted by Crippen LogP contribution is 2.20. The molecule has 27 heavy (non-hydrogen) atoms. The van der Waals surface area contributed by atoms with Crippen LogP contribution in [-0.2, 0) is 17.9 Å². The van der Waals surface area contributed by atoms with Gasteiger partial charge in [-0.2, -0.15) is 5.10 Å². The summed E-state index contributed by atoms with van der Waals surface area (Å²) in [7, 11) is 0. The van der Waals surface area contributed by atoms with Gasteiger partial charge in [0.2, 0.25) is 5.91 Å². The number of nitrogens with zero attached hydrogens (tertiary/aromatic N) is 3. The number of rotatable bonds is 5. The van der Waals surface area contributed by atoms with E-state index in [1.165, 1.54) is 4.68 Å². The van der Waals surface area contributed by atoms with Gasteiger partial charge in [0, 0.05) is 35.2 Å². The number of halogens is 1. The van der Waals surface area contributed by atoms with Crippen molar-refractivity contribution in [2.24, 2.45) is 0 Å². The summed E-state index contributed by atoms with van der Waals surface area (Å²) in [6.45, 7) is 0.939. The van der Waals surface area contributed by atoms with Crippen molar-refractivity contribution in [2.45, 2.75) is 13.1 Å². The first-order valence-electron chi connectivity index (χ1n) is 8.58. The van der Waals surface area contributed by atoms with Crippen LogP contribution in [-0.4, -0.2) is 26.8 Å². The number of benzene rings is 2. The van der Waals surface area contributed by atoms with Gasteiger partial charge in [-0.25, -0.2) is 4.68 Å². The van der Waals surface area contributed by atoms with Gasteiger partial charge in [-0.3, -0.25) is 9.59 Å². The molecule has 2 heterocycles. The molecule has 0 radical (unpaired) electrons. The average Bonchev–Trinajstić information content (AvgIpc) is 3.06. The Hall–Kier alpha value is -3.12. The van der Waals surface area contributed by atoms with Crippen molar-refractivity contribution in [3.63, 3.8) is 0 Å². The molecule has 0 fully saturated rings. The Kier molecular flexibility index (Phi) is 4.64. The number of hydrogen-bond donors (Lipinski definition) is 1. The van der Waals surface area contributed by atoms with E-state index in [1.807, 2.05) is 47.2 Å². The van der Waals surface area contributed by atoms with Crippen LogP contribution in [0.15, 0.2) is 65.7 Å². The molecule has 0 atom stereocenters. The van der Waals surface area contributed by atoms with E-state index < -0.39 is 0 Å². The molecular formula is C20H17ClN4O2. The van der Waals surface area contributed by atoms with Gasteiger partial charge in [0.1, 0.15) is 6.54 Å². The molecule has 4 rings (SSSR count). The van der Waals surface area contributed by atoms with Gasteiger partial charge in [-0.15, -0.1) is 0 Å². The SMILES string of the molecule is O=C(Cn1ncc2ccccc2c1=O)NCCn1ccc2ccc(Cl)cc21. The van der Waals surface area contributed by atoms with Crippen LogP contribution >= 0.6 is 11.6 Å². The van der Waals surface area contributed by atoms with Crippen LogP contribution in [0.1, 0.15) is 0 Å². The van der Waals surface area contributed by atoms with Crippen LogP contribution in [0.25, 0.3) is 21.7 Å². The quantitative estimate of drug-likeness (QED) is 0.579. The molecule has 0 aliphatic carbocycles. The predicted octanol–water partition coefficient (Wildman–Crippen LogP) is 2.82. The molecule has 0 unspecified atom stereocenters. The minimum absolute atomic E-state index is 0.109. The van der Waals surface area contributed by atoms with E-state index in [9.17, 15) is 9.59 Å². The Morgan fingerprint density at radius 1 is 1.11 bits per heavy atom. The Morgan fingerprint density at radius 2 is 1.96 bits per heavy atom. The molecule has 1 N–H and O–H groups in total. The van der Waals surface area contributed by atoms with Crippen LogP contribution in [0, 0.1) is 0 Å². The molecule has 2 aromatic heterocycles. The van der Waals surface area contributed by atoms with Crippen molar-refractivity contribution in [1.29, 1.82) is 0 Å². The smallest absolute Gasteiger partial charge is 0.275 e. The zero-order chi connectivity index (χ0) is 18.8. The molecule has 2 aromatic carbocycles. The van der Waals surface area contributed by atoms with E-state index >= 15 is 0 Å². The molecule has 0 spiro atoms. The number of carbonyl (C=O) groups excluding carboxylic acids is 1. The van der Waals surface area contributed by atoms with E-state index in [0.717, 1.165) is 16.3 Å². The first-order chi connectivity index (χ1) is 13.1. The van der Waals surface area contributed by atoms with Crippen LogP contribution in [0.5, 0.6) is 0 Å². The fourth-order valence-electron chi connectivity index (χ4n) is 3.10. The van der Waals surface area contributed by atoms with Crippen LogP contribution in [0.2, 0.25) is 5.02 Å². The first-order valence-corrected chi connectivity index (χ1v) is 8.95. The Bertz CT molecular complexity index is 1200. The van der Waals surface area contributed by atoms with Crippen LogP contribution in [0.4, 0.5) is 0 Å². The summed E-state index contributed by atoms with van der Waals surface area (Å²) in [5.74, 6) is -0.255. The van der Waals surface area contributed by atoms with Gasteiger partial charge in [-0.05, 0) is 29.7 Å². The highest BCUT2D eigenvalue weighted by Gasteiger charge is 2.08. The lowest BCUT2D eigenvalue weighted by atomic mass is 10.2. The van der Waals surface area contributed by atoms with Gasteiger partial charge in [-0.1, -0.05) is 35.9 Å². The maximum absolute atomic E-state index is 12.4. The number of aromatic nitrogens is 3. The lowest BCUT2D eigenvalue weighted by Gasteiger charge is -2.09. The van der Waals surface area contributed by atoms with Crippen molar-refractivity contribution in [3.8, 4) is 0 Å². The highest BCUT2D eigenvalue weighted by molar-refractivity contribution is 6.31. The minimum Gasteiger partial charge on any atom is -0.353 e. The van der Waals surface area contributed by atoms with E-state index in [4.69, 9.17) is 11.6 Å². The molecule has 4 aromatic rings. The molecule has 136 valence electrons. The molecule has 7 heteroatoms. The summed E-state index contributed by atoms with van der Waals surface area (Å²) >= 11 is 6.06. The molecule has 0 saturated heterocycles. The second-order valence-corrected chi connectivity index (χ2v) is 6.69. The van der Waals surface area contributed by atoms with E-state index in [1.54, 1.807) is 18.3 Å². The van der Waals surface area contributed by atoms with Crippen LogP contribution in [0.3, 0.4) is 0 Å². The number of fused-ring (bicyclic) bond motifs is 2. The molecule has 0 bridgehead atoms. The monoisotopic (exact) mass is 380 g/mol. The van der Waals surface area contributed by atoms with Gasteiger partial charge < -0.3 is 9.88 Å². The van der Waals surface area contributed by atoms with Crippen molar-refractivity contribution in [2.75, 3.05) is 6.54 Å².